The van der Waals surface area contributed by atoms with Crippen molar-refractivity contribution < 1.29 is 28.0 Å². The second-order valence-electron chi connectivity index (χ2n) is 3.47. The fourth-order valence-corrected chi connectivity index (χ4v) is 1.67. The SMILES string of the molecule is CCOC(=O)c1cc(CCl)c([N+](=O)[O-])cc1OC(F)F. The Kier molecular flexibility index (Phi) is 5.63. The minimum absolute atomic E-state index is 0.00124. The summed E-state index contributed by atoms with van der Waals surface area (Å²) >= 11 is 5.54. The molecule has 0 unspecified atom stereocenters. The molecule has 0 atom stereocenters. The van der Waals surface area contributed by atoms with Gasteiger partial charge in [-0.25, -0.2) is 4.79 Å². The normalized spacial score (nSPS) is 10.4. The summed E-state index contributed by atoms with van der Waals surface area (Å²) in [5.41, 5.74) is -0.849. The average molecular weight is 310 g/mol. The van der Waals surface area contributed by atoms with Crippen LogP contribution in [-0.2, 0) is 10.6 Å². The molecule has 0 radical (unpaired) electrons. The van der Waals surface area contributed by atoms with Crippen LogP contribution in [0.3, 0.4) is 0 Å². The number of hydrogen-bond acceptors (Lipinski definition) is 5. The fraction of sp³-hybridized carbons (Fsp3) is 0.364. The Hall–Kier alpha value is -1.96. The molecule has 20 heavy (non-hydrogen) atoms. The molecule has 0 bridgehead atoms. The number of esters is 1. The predicted octanol–water partition coefficient (Wildman–Crippen LogP) is 3.11. The molecule has 1 aromatic carbocycles. The number of alkyl halides is 3. The molecule has 0 amide bonds. The van der Waals surface area contributed by atoms with E-state index in [0.29, 0.717) is 0 Å². The fourth-order valence-electron chi connectivity index (χ4n) is 1.45. The first-order valence-electron chi connectivity index (χ1n) is 5.39. The highest BCUT2D eigenvalue weighted by molar-refractivity contribution is 6.17. The van der Waals surface area contributed by atoms with E-state index in [4.69, 9.17) is 11.6 Å². The maximum absolute atomic E-state index is 12.3. The Bertz CT molecular complexity index is 524. The highest BCUT2D eigenvalue weighted by atomic mass is 35.5. The van der Waals surface area contributed by atoms with Gasteiger partial charge in [0.1, 0.15) is 11.3 Å². The third kappa shape index (κ3) is 3.77. The second kappa shape index (κ2) is 6.99. The van der Waals surface area contributed by atoms with Crippen LogP contribution in [0.4, 0.5) is 14.5 Å². The lowest BCUT2D eigenvalue weighted by Gasteiger charge is -2.11. The van der Waals surface area contributed by atoms with Crippen LogP contribution in [-0.4, -0.2) is 24.1 Å². The van der Waals surface area contributed by atoms with Crippen LogP contribution in [0.1, 0.15) is 22.8 Å². The molecule has 0 spiro atoms. The molecule has 9 heteroatoms. The van der Waals surface area contributed by atoms with Crippen molar-refractivity contribution in [3.05, 3.63) is 33.4 Å². The summed E-state index contributed by atoms with van der Waals surface area (Å²) in [7, 11) is 0. The first kappa shape index (κ1) is 16.1. The molecule has 0 N–H and O–H groups in total. The largest absolute Gasteiger partial charge is 0.462 e. The Balaban J connectivity index is 3.38. The monoisotopic (exact) mass is 309 g/mol. The molecule has 1 rings (SSSR count). The van der Waals surface area contributed by atoms with Gasteiger partial charge in [0.25, 0.3) is 5.69 Å². The van der Waals surface area contributed by atoms with Gasteiger partial charge in [0, 0.05) is 5.56 Å². The van der Waals surface area contributed by atoms with E-state index in [9.17, 15) is 23.7 Å². The summed E-state index contributed by atoms with van der Waals surface area (Å²) in [6.07, 6.45) is 0. The summed E-state index contributed by atoms with van der Waals surface area (Å²) < 4.78 is 33.4. The van der Waals surface area contributed by atoms with Gasteiger partial charge in [0.05, 0.1) is 23.5 Å². The number of nitro groups is 1. The van der Waals surface area contributed by atoms with Crippen molar-refractivity contribution in [1.82, 2.24) is 0 Å². The Morgan fingerprint density at radius 2 is 2.15 bits per heavy atom. The van der Waals surface area contributed by atoms with Crippen LogP contribution in [0.25, 0.3) is 0 Å². The topological polar surface area (TPSA) is 78.7 Å². The van der Waals surface area contributed by atoms with Gasteiger partial charge in [0.2, 0.25) is 0 Å². The van der Waals surface area contributed by atoms with Gasteiger partial charge in [0.15, 0.2) is 0 Å². The van der Waals surface area contributed by atoms with E-state index < -0.39 is 28.9 Å². The molecule has 0 fully saturated rings. The van der Waals surface area contributed by atoms with E-state index in [1.165, 1.54) is 6.92 Å². The lowest BCUT2D eigenvalue weighted by atomic mass is 10.1. The van der Waals surface area contributed by atoms with E-state index in [-0.39, 0.29) is 23.6 Å². The summed E-state index contributed by atoms with van der Waals surface area (Å²) in [6.45, 7) is -1.69. The molecule has 0 heterocycles. The van der Waals surface area contributed by atoms with Gasteiger partial charge < -0.3 is 9.47 Å². The van der Waals surface area contributed by atoms with Crippen molar-refractivity contribution in [2.45, 2.75) is 19.4 Å². The van der Waals surface area contributed by atoms with Gasteiger partial charge in [-0.1, -0.05) is 0 Å². The molecule has 6 nitrogen and oxygen atoms in total. The van der Waals surface area contributed by atoms with Gasteiger partial charge in [-0.05, 0) is 13.0 Å². The van der Waals surface area contributed by atoms with E-state index in [1.807, 2.05) is 0 Å². The molecule has 0 aliphatic heterocycles. The molecular weight excluding hydrogens is 300 g/mol. The number of benzene rings is 1. The first-order valence-corrected chi connectivity index (χ1v) is 5.93. The Morgan fingerprint density at radius 1 is 1.50 bits per heavy atom. The zero-order valence-electron chi connectivity index (χ0n) is 10.3. The van der Waals surface area contributed by atoms with E-state index in [1.54, 1.807) is 0 Å². The zero-order chi connectivity index (χ0) is 15.3. The van der Waals surface area contributed by atoms with Crippen LogP contribution in [0.5, 0.6) is 5.75 Å². The first-order chi connectivity index (χ1) is 9.40. The minimum atomic E-state index is -3.23. The predicted molar refractivity (Wildman–Crippen MR) is 65.2 cm³/mol. The van der Waals surface area contributed by atoms with Crippen LogP contribution in [0.15, 0.2) is 12.1 Å². The Morgan fingerprint density at radius 3 is 2.60 bits per heavy atom. The van der Waals surface area contributed by atoms with Gasteiger partial charge >= 0.3 is 12.6 Å². The molecule has 0 saturated heterocycles. The molecular formula is C11H10ClF2NO5. The lowest BCUT2D eigenvalue weighted by molar-refractivity contribution is -0.385. The number of rotatable bonds is 6. The quantitative estimate of drug-likeness (QED) is 0.349. The maximum Gasteiger partial charge on any atom is 0.387 e. The van der Waals surface area contributed by atoms with Crippen LogP contribution >= 0.6 is 11.6 Å². The molecule has 1 aromatic rings. The number of carbonyl (C=O) groups is 1. The van der Waals surface area contributed by atoms with Crippen LogP contribution < -0.4 is 4.74 Å². The number of nitrogens with zero attached hydrogens (tertiary/aromatic N) is 1. The number of carbonyl (C=O) groups excluding carboxylic acids is 1. The number of hydrogen-bond donors (Lipinski definition) is 0. The van der Waals surface area contributed by atoms with Crippen molar-refractivity contribution in [2.75, 3.05) is 6.61 Å². The van der Waals surface area contributed by atoms with Crippen molar-refractivity contribution in [3.63, 3.8) is 0 Å². The number of ether oxygens (including phenoxy) is 2. The van der Waals surface area contributed by atoms with Gasteiger partial charge in [-0.2, -0.15) is 8.78 Å². The smallest absolute Gasteiger partial charge is 0.387 e. The zero-order valence-corrected chi connectivity index (χ0v) is 11.0. The van der Waals surface area contributed by atoms with Crippen LogP contribution in [0.2, 0.25) is 0 Å². The standard InChI is InChI=1S/C11H10ClF2NO5/c1-2-19-10(16)7-3-6(5-12)8(15(17)18)4-9(7)20-11(13)14/h3-4,11H,2,5H2,1H3. The molecule has 0 saturated carbocycles. The summed E-state index contributed by atoms with van der Waals surface area (Å²) in [5, 5.41) is 10.8. The summed E-state index contributed by atoms with van der Waals surface area (Å²) in [4.78, 5) is 21.6. The Labute approximate surface area is 117 Å². The number of halogens is 3. The van der Waals surface area contributed by atoms with Crippen molar-refractivity contribution >= 4 is 23.3 Å². The van der Waals surface area contributed by atoms with Crippen LogP contribution in [0, 0.1) is 10.1 Å². The minimum Gasteiger partial charge on any atom is -0.462 e. The van der Waals surface area contributed by atoms with Crippen molar-refractivity contribution in [1.29, 1.82) is 0 Å². The van der Waals surface area contributed by atoms with Crippen molar-refractivity contribution in [2.24, 2.45) is 0 Å². The van der Waals surface area contributed by atoms with E-state index >= 15 is 0 Å². The molecule has 110 valence electrons. The third-order valence-corrected chi connectivity index (χ3v) is 2.52. The molecule has 0 aliphatic carbocycles. The van der Waals surface area contributed by atoms with Crippen molar-refractivity contribution in [3.8, 4) is 5.75 Å². The molecule has 0 aromatic heterocycles. The third-order valence-electron chi connectivity index (χ3n) is 2.23. The molecule has 0 aliphatic rings. The summed E-state index contributed by atoms with van der Waals surface area (Å²) in [6, 6.07) is 1.75. The van der Waals surface area contributed by atoms with E-state index in [2.05, 4.69) is 9.47 Å². The van der Waals surface area contributed by atoms with E-state index in [0.717, 1.165) is 12.1 Å². The van der Waals surface area contributed by atoms with Gasteiger partial charge in [-0.15, -0.1) is 11.6 Å². The summed E-state index contributed by atoms with van der Waals surface area (Å²) in [5.74, 6) is -1.82. The number of nitro benzene ring substituents is 1. The maximum atomic E-state index is 12.3. The average Bonchev–Trinajstić information content (AvgIpc) is 2.37. The highest BCUT2D eigenvalue weighted by Crippen LogP contribution is 2.31. The second-order valence-corrected chi connectivity index (χ2v) is 3.73. The highest BCUT2D eigenvalue weighted by Gasteiger charge is 2.24. The lowest BCUT2D eigenvalue weighted by Crippen LogP contribution is -2.12. The van der Waals surface area contributed by atoms with Gasteiger partial charge in [-0.3, -0.25) is 10.1 Å².